The maximum Gasteiger partial charge on any atom is 0.324 e. The Balaban J connectivity index is 2.17. The second kappa shape index (κ2) is 4.72. The van der Waals surface area contributed by atoms with Gasteiger partial charge in [-0.3, -0.25) is 4.79 Å². The fourth-order valence-corrected chi connectivity index (χ4v) is 5.20. The summed E-state index contributed by atoms with van der Waals surface area (Å²) < 4.78 is 34.8. The number of fused-ring (bicyclic) bond motifs is 1. The van der Waals surface area contributed by atoms with Crippen LogP contribution in [0, 0.1) is 0 Å². The highest BCUT2D eigenvalue weighted by Crippen LogP contribution is 2.36. The van der Waals surface area contributed by atoms with Gasteiger partial charge in [0.25, 0.3) is 0 Å². The molecule has 3 rings (SSSR count). The van der Waals surface area contributed by atoms with Crippen LogP contribution in [-0.2, 0) is 14.8 Å². The first-order chi connectivity index (χ1) is 9.87. The number of carbonyl (C=O) groups is 1. The van der Waals surface area contributed by atoms with Gasteiger partial charge in [0.1, 0.15) is 21.5 Å². The maximum atomic E-state index is 12.9. The van der Waals surface area contributed by atoms with Crippen LogP contribution in [0.2, 0.25) is 0 Å². The molecule has 0 amide bonds. The first-order valence-electron chi connectivity index (χ1n) is 6.35. The zero-order chi connectivity index (χ0) is 15.3. The maximum absolute atomic E-state index is 12.9. The molecule has 2 aromatic rings. The van der Waals surface area contributed by atoms with E-state index in [1.807, 2.05) is 0 Å². The van der Waals surface area contributed by atoms with Gasteiger partial charge in [0, 0.05) is 6.54 Å². The van der Waals surface area contributed by atoms with E-state index in [2.05, 4.69) is 8.75 Å². The normalized spacial score (nSPS) is 23.7. The summed E-state index contributed by atoms with van der Waals surface area (Å²) in [5, 5.41) is 9.39. The number of hydrogen-bond donors (Lipinski definition) is 1. The van der Waals surface area contributed by atoms with E-state index in [1.165, 1.54) is 13.0 Å². The van der Waals surface area contributed by atoms with E-state index in [-0.39, 0.29) is 11.4 Å². The lowest BCUT2D eigenvalue weighted by atomic mass is 10.0. The predicted molar refractivity (Wildman–Crippen MR) is 76.6 cm³/mol. The molecular formula is C12H13N3O4S2. The van der Waals surface area contributed by atoms with E-state index in [4.69, 9.17) is 0 Å². The molecule has 0 spiro atoms. The van der Waals surface area contributed by atoms with Crippen molar-refractivity contribution in [3.05, 3.63) is 18.2 Å². The average Bonchev–Trinajstić information content (AvgIpc) is 3.04. The van der Waals surface area contributed by atoms with E-state index >= 15 is 0 Å². The summed E-state index contributed by atoms with van der Waals surface area (Å²) in [6.45, 7) is 1.64. The van der Waals surface area contributed by atoms with Gasteiger partial charge in [0.05, 0.1) is 11.7 Å². The zero-order valence-corrected chi connectivity index (χ0v) is 12.8. The topological polar surface area (TPSA) is 100 Å². The van der Waals surface area contributed by atoms with Gasteiger partial charge in [-0.25, -0.2) is 8.42 Å². The molecule has 1 aromatic heterocycles. The van der Waals surface area contributed by atoms with Crippen LogP contribution in [0.15, 0.2) is 23.1 Å². The van der Waals surface area contributed by atoms with Gasteiger partial charge >= 0.3 is 5.97 Å². The van der Waals surface area contributed by atoms with E-state index in [0.717, 1.165) is 16.0 Å². The molecule has 1 aliphatic heterocycles. The molecule has 21 heavy (non-hydrogen) atoms. The van der Waals surface area contributed by atoms with Crippen LogP contribution < -0.4 is 0 Å². The van der Waals surface area contributed by atoms with Crippen LogP contribution in [0.3, 0.4) is 0 Å². The molecule has 112 valence electrons. The molecule has 0 aliphatic carbocycles. The molecule has 1 unspecified atom stereocenters. The van der Waals surface area contributed by atoms with Gasteiger partial charge in [-0.1, -0.05) is 6.07 Å². The minimum atomic E-state index is -3.93. The Morgan fingerprint density at radius 1 is 1.43 bits per heavy atom. The Bertz CT molecular complexity index is 817. The highest BCUT2D eigenvalue weighted by Gasteiger charge is 2.50. The monoisotopic (exact) mass is 327 g/mol. The third-order valence-electron chi connectivity index (χ3n) is 3.85. The first kappa shape index (κ1) is 14.4. The zero-order valence-electron chi connectivity index (χ0n) is 11.2. The van der Waals surface area contributed by atoms with Crippen molar-refractivity contribution in [2.45, 2.75) is 30.2 Å². The van der Waals surface area contributed by atoms with Crippen molar-refractivity contribution in [1.82, 2.24) is 13.1 Å². The number of hydrogen-bond acceptors (Lipinski definition) is 6. The number of nitrogens with zero attached hydrogens (tertiary/aromatic N) is 3. The highest BCUT2D eigenvalue weighted by molar-refractivity contribution is 7.89. The van der Waals surface area contributed by atoms with Crippen LogP contribution in [-0.4, -0.2) is 44.6 Å². The van der Waals surface area contributed by atoms with Crippen molar-refractivity contribution in [2.24, 2.45) is 0 Å². The summed E-state index contributed by atoms with van der Waals surface area (Å²) in [4.78, 5) is 11.5. The first-order valence-corrected chi connectivity index (χ1v) is 8.52. The third kappa shape index (κ3) is 2.03. The lowest BCUT2D eigenvalue weighted by molar-refractivity contribution is -0.146. The SMILES string of the molecule is CC1(C(=O)O)CCCN1S(=O)(=O)c1cccc2nsnc12. The Hall–Kier alpha value is -1.58. The lowest BCUT2D eigenvalue weighted by Crippen LogP contribution is -2.50. The molecule has 1 fully saturated rings. The van der Waals surface area contributed by atoms with Crippen molar-refractivity contribution in [2.75, 3.05) is 6.54 Å². The van der Waals surface area contributed by atoms with Crippen LogP contribution in [0.5, 0.6) is 0 Å². The molecule has 0 bridgehead atoms. The second-order valence-electron chi connectivity index (χ2n) is 5.15. The van der Waals surface area contributed by atoms with Crippen molar-refractivity contribution in [1.29, 1.82) is 0 Å². The van der Waals surface area contributed by atoms with Crippen molar-refractivity contribution in [3.63, 3.8) is 0 Å². The van der Waals surface area contributed by atoms with Crippen LogP contribution in [0.1, 0.15) is 19.8 Å². The molecule has 0 radical (unpaired) electrons. The largest absolute Gasteiger partial charge is 0.480 e. The average molecular weight is 327 g/mol. The molecule has 2 heterocycles. The standard InChI is InChI=1S/C12H13N3O4S2/c1-12(11(16)17)6-3-7-15(12)21(18,19)9-5-2-4-8-10(9)14-20-13-8/h2,4-5H,3,6-7H2,1H3,(H,16,17). The second-order valence-corrected chi connectivity index (χ2v) is 7.51. The fraction of sp³-hybridized carbons (Fsp3) is 0.417. The van der Waals surface area contributed by atoms with E-state index < -0.39 is 21.5 Å². The Morgan fingerprint density at radius 2 is 2.19 bits per heavy atom. The Kier molecular flexibility index (Phi) is 3.23. The number of aliphatic carboxylic acids is 1. The third-order valence-corrected chi connectivity index (χ3v) is 6.45. The van der Waals surface area contributed by atoms with Crippen molar-refractivity contribution < 1.29 is 18.3 Å². The molecule has 1 aliphatic rings. The molecule has 0 saturated carbocycles. The lowest BCUT2D eigenvalue weighted by Gasteiger charge is -2.30. The van der Waals surface area contributed by atoms with Crippen LogP contribution in [0.25, 0.3) is 11.0 Å². The summed E-state index contributed by atoms with van der Waals surface area (Å²) in [5.74, 6) is -1.13. The predicted octanol–water partition coefficient (Wildman–Crippen LogP) is 1.32. The van der Waals surface area contributed by atoms with E-state index in [1.54, 1.807) is 12.1 Å². The van der Waals surface area contributed by atoms with Gasteiger partial charge in [-0.15, -0.1) is 0 Å². The summed E-state index contributed by atoms with van der Waals surface area (Å²) in [6, 6.07) is 4.71. The fourth-order valence-electron chi connectivity index (χ4n) is 2.65. The number of rotatable bonds is 3. The van der Waals surface area contributed by atoms with E-state index in [9.17, 15) is 18.3 Å². The van der Waals surface area contributed by atoms with Crippen molar-refractivity contribution >= 4 is 38.8 Å². The number of benzene rings is 1. The van der Waals surface area contributed by atoms with Crippen molar-refractivity contribution in [3.8, 4) is 0 Å². The van der Waals surface area contributed by atoms with Crippen LogP contribution >= 0.6 is 11.7 Å². The summed E-state index contributed by atoms with van der Waals surface area (Å²) in [5.41, 5.74) is -0.621. The molecule has 1 saturated heterocycles. The summed E-state index contributed by atoms with van der Waals surface area (Å²) in [6.07, 6.45) is 0.820. The molecular weight excluding hydrogens is 314 g/mol. The van der Waals surface area contributed by atoms with E-state index in [0.29, 0.717) is 23.9 Å². The minimum absolute atomic E-state index is 0.0168. The Labute approximate surface area is 125 Å². The Morgan fingerprint density at radius 3 is 2.90 bits per heavy atom. The van der Waals surface area contributed by atoms with Gasteiger partial charge in [0.15, 0.2) is 0 Å². The quantitative estimate of drug-likeness (QED) is 0.912. The number of carboxylic acids is 1. The molecule has 1 atom stereocenters. The highest BCUT2D eigenvalue weighted by atomic mass is 32.2. The number of sulfonamides is 1. The number of carboxylic acid groups (broad SMARTS) is 1. The molecule has 1 aromatic carbocycles. The number of aromatic nitrogens is 2. The van der Waals surface area contributed by atoms with Gasteiger partial charge < -0.3 is 5.11 Å². The van der Waals surface area contributed by atoms with Gasteiger partial charge in [-0.05, 0) is 31.9 Å². The van der Waals surface area contributed by atoms with Gasteiger partial charge in [0.2, 0.25) is 10.0 Å². The van der Waals surface area contributed by atoms with Crippen LogP contribution in [0.4, 0.5) is 0 Å². The molecule has 9 heteroatoms. The minimum Gasteiger partial charge on any atom is -0.480 e. The molecule has 1 N–H and O–H groups in total. The summed E-state index contributed by atoms with van der Waals surface area (Å²) >= 11 is 0.933. The summed E-state index contributed by atoms with van der Waals surface area (Å²) in [7, 11) is -3.93. The van der Waals surface area contributed by atoms with Gasteiger partial charge in [-0.2, -0.15) is 13.1 Å². The molecule has 7 nitrogen and oxygen atoms in total. The smallest absolute Gasteiger partial charge is 0.324 e.